The zero-order valence-electron chi connectivity index (χ0n) is 19.0. The molecular formula is C27H25N5OS. The number of nitrogens with one attached hydrogen (secondary N) is 2. The van der Waals surface area contributed by atoms with Crippen LogP contribution in [0, 0.1) is 6.92 Å². The van der Waals surface area contributed by atoms with E-state index in [9.17, 15) is 4.79 Å². The Kier molecular flexibility index (Phi) is 5.86. The number of hydrogen-bond acceptors (Lipinski definition) is 3. The van der Waals surface area contributed by atoms with Crippen molar-refractivity contribution < 1.29 is 4.79 Å². The number of pyridine rings is 1. The molecule has 3 heterocycles. The Bertz CT molecular complexity index is 1320. The average molecular weight is 468 g/mol. The highest BCUT2D eigenvalue weighted by atomic mass is 32.1. The van der Waals surface area contributed by atoms with Gasteiger partial charge in [0, 0.05) is 41.6 Å². The van der Waals surface area contributed by atoms with E-state index in [1.54, 1.807) is 0 Å². The zero-order chi connectivity index (χ0) is 23.7. The number of rotatable bonds is 5. The largest absolute Gasteiger partial charge is 0.351 e. The SMILES string of the molecule is CC(=O)Nc1ccc(N2C(=S)N[C@H](c3ccccn3)[C@@H]2c2ccc(C)n2-c2ccccc2)cc1. The van der Waals surface area contributed by atoms with Gasteiger partial charge in [-0.1, -0.05) is 24.3 Å². The van der Waals surface area contributed by atoms with E-state index in [4.69, 9.17) is 12.2 Å². The normalized spacial score (nSPS) is 17.5. The molecule has 1 aliphatic rings. The lowest BCUT2D eigenvalue weighted by Crippen LogP contribution is -2.30. The van der Waals surface area contributed by atoms with Crippen molar-refractivity contribution >= 4 is 34.6 Å². The molecule has 1 amide bonds. The Labute approximate surface area is 204 Å². The summed E-state index contributed by atoms with van der Waals surface area (Å²) in [5.74, 6) is -0.102. The third kappa shape index (κ3) is 4.06. The molecule has 2 atom stereocenters. The summed E-state index contributed by atoms with van der Waals surface area (Å²) in [6.45, 7) is 3.61. The molecule has 0 saturated carbocycles. The predicted octanol–water partition coefficient (Wildman–Crippen LogP) is 5.32. The molecule has 2 aromatic carbocycles. The first-order valence-corrected chi connectivity index (χ1v) is 11.6. The highest BCUT2D eigenvalue weighted by Crippen LogP contribution is 2.42. The molecule has 0 bridgehead atoms. The molecule has 0 radical (unpaired) electrons. The number of thiocarbonyl (C=S) groups is 1. The van der Waals surface area contributed by atoms with Crippen molar-refractivity contribution in [1.29, 1.82) is 0 Å². The Morgan fingerprint density at radius 2 is 1.68 bits per heavy atom. The standard InChI is InChI=1S/C27H25N5OS/c1-18-11-16-24(31(18)21-8-4-3-5-9-21)26-25(23-10-6-7-17-28-23)30-27(34)32(26)22-14-12-20(13-15-22)29-19(2)33/h3-17,25-26H,1-2H3,(H,29,33)(H,30,34)/t25-,26+/m1/s1. The van der Waals surface area contributed by atoms with Gasteiger partial charge in [0.1, 0.15) is 6.04 Å². The molecule has 34 heavy (non-hydrogen) atoms. The van der Waals surface area contributed by atoms with E-state index >= 15 is 0 Å². The van der Waals surface area contributed by atoms with Crippen LogP contribution in [0.1, 0.15) is 36.1 Å². The number of para-hydroxylation sites is 1. The van der Waals surface area contributed by atoms with Crippen LogP contribution in [0.25, 0.3) is 5.69 Å². The molecule has 170 valence electrons. The van der Waals surface area contributed by atoms with Gasteiger partial charge in [0.25, 0.3) is 0 Å². The number of aryl methyl sites for hydroxylation is 1. The fourth-order valence-electron chi connectivity index (χ4n) is 4.56. The minimum absolute atomic E-state index is 0.102. The third-order valence-electron chi connectivity index (χ3n) is 5.99. The second-order valence-electron chi connectivity index (χ2n) is 8.30. The lowest BCUT2D eigenvalue weighted by molar-refractivity contribution is -0.114. The molecule has 2 N–H and O–H groups in total. The third-order valence-corrected chi connectivity index (χ3v) is 6.30. The van der Waals surface area contributed by atoms with Crippen molar-refractivity contribution in [3.8, 4) is 5.69 Å². The molecule has 0 aliphatic carbocycles. The molecule has 1 saturated heterocycles. The van der Waals surface area contributed by atoms with Gasteiger partial charge in [-0.2, -0.15) is 0 Å². The van der Waals surface area contributed by atoms with Crippen molar-refractivity contribution in [3.05, 3.63) is 108 Å². The van der Waals surface area contributed by atoms with Crippen molar-refractivity contribution in [3.63, 3.8) is 0 Å². The highest BCUT2D eigenvalue weighted by molar-refractivity contribution is 7.80. The first-order valence-electron chi connectivity index (χ1n) is 11.1. The smallest absolute Gasteiger partial charge is 0.221 e. The van der Waals surface area contributed by atoms with Crippen LogP contribution in [0.4, 0.5) is 11.4 Å². The van der Waals surface area contributed by atoms with Crippen LogP contribution in [0.2, 0.25) is 0 Å². The molecule has 7 heteroatoms. The summed E-state index contributed by atoms with van der Waals surface area (Å²) < 4.78 is 2.27. The number of hydrogen-bond donors (Lipinski definition) is 2. The molecule has 2 aromatic heterocycles. The fraction of sp³-hybridized carbons (Fsp3) is 0.148. The number of benzene rings is 2. The summed E-state index contributed by atoms with van der Waals surface area (Å²) in [5.41, 5.74) is 5.95. The van der Waals surface area contributed by atoms with E-state index < -0.39 is 0 Å². The van der Waals surface area contributed by atoms with Gasteiger partial charge in [-0.25, -0.2) is 0 Å². The molecule has 1 aliphatic heterocycles. The summed E-state index contributed by atoms with van der Waals surface area (Å²) in [6, 6.07) is 28.1. The van der Waals surface area contributed by atoms with Crippen LogP contribution < -0.4 is 15.5 Å². The van der Waals surface area contributed by atoms with Gasteiger partial charge in [0.2, 0.25) is 5.91 Å². The monoisotopic (exact) mass is 467 g/mol. The van der Waals surface area contributed by atoms with Gasteiger partial charge >= 0.3 is 0 Å². The molecule has 0 spiro atoms. The summed E-state index contributed by atoms with van der Waals surface area (Å²) in [5, 5.41) is 6.97. The van der Waals surface area contributed by atoms with Crippen LogP contribution in [0.15, 0.2) is 91.1 Å². The van der Waals surface area contributed by atoms with E-state index in [1.165, 1.54) is 6.92 Å². The van der Waals surface area contributed by atoms with Crippen LogP contribution in [-0.2, 0) is 4.79 Å². The lowest BCUT2D eigenvalue weighted by atomic mass is 10.0. The zero-order valence-corrected chi connectivity index (χ0v) is 19.8. The maximum atomic E-state index is 11.5. The van der Waals surface area contributed by atoms with E-state index in [1.807, 2.05) is 66.9 Å². The van der Waals surface area contributed by atoms with Crippen LogP contribution in [0.5, 0.6) is 0 Å². The number of aromatic nitrogens is 2. The number of amides is 1. The van der Waals surface area contributed by atoms with Gasteiger partial charge in [0.05, 0.1) is 11.7 Å². The van der Waals surface area contributed by atoms with Crippen LogP contribution in [0.3, 0.4) is 0 Å². The van der Waals surface area contributed by atoms with Crippen LogP contribution >= 0.6 is 12.2 Å². The number of carbonyl (C=O) groups excluding carboxylic acids is 1. The highest BCUT2D eigenvalue weighted by Gasteiger charge is 2.42. The van der Waals surface area contributed by atoms with Crippen molar-refractivity contribution in [2.24, 2.45) is 0 Å². The van der Waals surface area contributed by atoms with Gasteiger partial charge < -0.3 is 20.1 Å². The molecule has 5 rings (SSSR count). The van der Waals surface area contributed by atoms with Gasteiger partial charge in [-0.05, 0) is 79.8 Å². The molecule has 6 nitrogen and oxygen atoms in total. The van der Waals surface area contributed by atoms with Crippen molar-refractivity contribution in [2.75, 3.05) is 10.2 Å². The quantitative estimate of drug-likeness (QED) is 0.389. The minimum Gasteiger partial charge on any atom is -0.351 e. The fourth-order valence-corrected chi connectivity index (χ4v) is 4.91. The Balaban J connectivity index is 1.64. The Morgan fingerprint density at radius 1 is 0.941 bits per heavy atom. The Hall–Kier alpha value is -3.97. The first kappa shape index (κ1) is 21.9. The molecule has 0 unspecified atom stereocenters. The number of anilines is 2. The van der Waals surface area contributed by atoms with Crippen LogP contribution in [-0.4, -0.2) is 20.6 Å². The summed E-state index contributed by atoms with van der Waals surface area (Å²) >= 11 is 5.85. The number of carbonyl (C=O) groups is 1. The molecular weight excluding hydrogens is 442 g/mol. The minimum atomic E-state index is -0.138. The predicted molar refractivity (Wildman–Crippen MR) is 139 cm³/mol. The second-order valence-corrected chi connectivity index (χ2v) is 8.68. The average Bonchev–Trinajstić information content (AvgIpc) is 3.39. The topological polar surface area (TPSA) is 62.2 Å². The maximum Gasteiger partial charge on any atom is 0.221 e. The molecule has 4 aromatic rings. The Morgan fingerprint density at radius 3 is 2.35 bits per heavy atom. The summed E-state index contributed by atoms with van der Waals surface area (Å²) in [6.07, 6.45) is 1.81. The first-order chi connectivity index (χ1) is 16.5. The van der Waals surface area contributed by atoms with E-state index in [-0.39, 0.29) is 18.0 Å². The lowest BCUT2D eigenvalue weighted by Gasteiger charge is -2.29. The van der Waals surface area contributed by atoms with E-state index in [0.717, 1.165) is 34.1 Å². The van der Waals surface area contributed by atoms with Crippen molar-refractivity contribution in [1.82, 2.24) is 14.9 Å². The maximum absolute atomic E-state index is 11.5. The van der Waals surface area contributed by atoms with Gasteiger partial charge in [0.15, 0.2) is 5.11 Å². The van der Waals surface area contributed by atoms with Gasteiger partial charge in [-0.3, -0.25) is 9.78 Å². The van der Waals surface area contributed by atoms with Crippen molar-refractivity contribution in [2.45, 2.75) is 25.9 Å². The van der Waals surface area contributed by atoms with E-state index in [2.05, 4.69) is 56.3 Å². The molecule has 1 fully saturated rings. The summed E-state index contributed by atoms with van der Waals surface area (Å²) in [4.78, 5) is 18.2. The second kappa shape index (κ2) is 9.11. The summed E-state index contributed by atoms with van der Waals surface area (Å²) in [7, 11) is 0. The van der Waals surface area contributed by atoms with Gasteiger partial charge in [-0.15, -0.1) is 0 Å². The number of nitrogens with zero attached hydrogens (tertiary/aromatic N) is 3. The van der Waals surface area contributed by atoms with E-state index in [0.29, 0.717) is 5.11 Å².